The topological polar surface area (TPSA) is 62.3 Å². The Kier molecular flexibility index (Phi) is 7.63. The molecule has 4 rings (SSSR count). The summed E-state index contributed by atoms with van der Waals surface area (Å²) in [6.45, 7) is 5.79. The summed E-state index contributed by atoms with van der Waals surface area (Å²) >= 11 is 1.61. The van der Waals surface area contributed by atoms with Crippen LogP contribution in [0.3, 0.4) is 0 Å². The zero-order valence-electron chi connectivity index (χ0n) is 19.7. The summed E-state index contributed by atoms with van der Waals surface area (Å²) in [7, 11) is 3.25. The van der Waals surface area contributed by atoms with Gasteiger partial charge in [0.1, 0.15) is 22.7 Å². The smallest absolute Gasteiger partial charge is 0.254 e. The van der Waals surface area contributed by atoms with Crippen molar-refractivity contribution >= 4 is 23.6 Å². The SMILES string of the molecule is COc1ccc(OC)c(C2SC(C)C(=O)N2CCN2CCN(C(=O)c3cccc(F)c3)CC2)c1. The van der Waals surface area contributed by atoms with Gasteiger partial charge in [0.15, 0.2) is 0 Å². The molecule has 7 nitrogen and oxygen atoms in total. The molecule has 0 aliphatic carbocycles. The third-order valence-electron chi connectivity index (χ3n) is 6.34. The van der Waals surface area contributed by atoms with Gasteiger partial charge in [0.2, 0.25) is 5.91 Å². The van der Waals surface area contributed by atoms with Gasteiger partial charge in [0, 0.05) is 50.4 Å². The van der Waals surface area contributed by atoms with Crippen molar-refractivity contribution in [1.29, 1.82) is 0 Å². The number of rotatable bonds is 7. The van der Waals surface area contributed by atoms with E-state index in [9.17, 15) is 14.0 Å². The van der Waals surface area contributed by atoms with E-state index in [2.05, 4.69) is 4.90 Å². The first-order valence-electron chi connectivity index (χ1n) is 11.4. The van der Waals surface area contributed by atoms with Gasteiger partial charge < -0.3 is 19.3 Å². The predicted molar refractivity (Wildman–Crippen MR) is 130 cm³/mol. The average Bonchev–Trinajstić information content (AvgIpc) is 3.15. The van der Waals surface area contributed by atoms with Crippen molar-refractivity contribution in [2.75, 3.05) is 53.5 Å². The van der Waals surface area contributed by atoms with Gasteiger partial charge in [-0.3, -0.25) is 14.5 Å². The van der Waals surface area contributed by atoms with E-state index in [1.165, 1.54) is 12.1 Å². The van der Waals surface area contributed by atoms with Gasteiger partial charge in [-0.15, -0.1) is 11.8 Å². The lowest BCUT2D eigenvalue weighted by Crippen LogP contribution is -2.50. The Morgan fingerprint density at radius 1 is 1.06 bits per heavy atom. The number of nitrogens with zero attached hydrogens (tertiary/aromatic N) is 3. The second-order valence-corrected chi connectivity index (χ2v) is 9.84. The molecule has 182 valence electrons. The minimum atomic E-state index is -0.408. The molecule has 2 atom stereocenters. The highest BCUT2D eigenvalue weighted by molar-refractivity contribution is 8.01. The van der Waals surface area contributed by atoms with Gasteiger partial charge in [-0.2, -0.15) is 0 Å². The molecule has 0 saturated carbocycles. The molecule has 2 aromatic rings. The second kappa shape index (κ2) is 10.7. The third-order valence-corrected chi connectivity index (χ3v) is 7.71. The number of thioether (sulfide) groups is 1. The predicted octanol–water partition coefficient (Wildman–Crippen LogP) is 3.26. The number of methoxy groups -OCH3 is 2. The Balaban J connectivity index is 1.38. The number of ether oxygens (including phenoxy) is 2. The summed E-state index contributed by atoms with van der Waals surface area (Å²) in [5.74, 6) is 1.01. The van der Waals surface area contributed by atoms with Gasteiger partial charge in [-0.25, -0.2) is 4.39 Å². The summed E-state index contributed by atoms with van der Waals surface area (Å²) in [4.78, 5) is 31.6. The lowest BCUT2D eigenvalue weighted by Gasteiger charge is -2.36. The highest BCUT2D eigenvalue weighted by Gasteiger charge is 2.40. The van der Waals surface area contributed by atoms with E-state index in [1.807, 2.05) is 30.0 Å². The van der Waals surface area contributed by atoms with Crippen molar-refractivity contribution in [3.63, 3.8) is 0 Å². The molecule has 2 unspecified atom stereocenters. The maximum Gasteiger partial charge on any atom is 0.254 e. The third kappa shape index (κ3) is 5.15. The van der Waals surface area contributed by atoms with Gasteiger partial charge >= 0.3 is 0 Å². The molecule has 0 N–H and O–H groups in total. The first-order valence-corrected chi connectivity index (χ1v) is 12.3. The van der Waals surface area contributed by atoms with E-state index < -0.39 is 5.82 Å². The van der Waals surface area contributed by atoms with Crippen LogP contribution in [-0.2, 0) is 4.79 Å². The highest BCUT2D eigenvalue weighted by atomic mass is 32.2. The van der Waals surface area contributed by atoms with Crippen molar-refractivity contribution in [3.8, 4) is 11.5 Å². The van der Waals surface area contributed by atoms with Crippen molar-refractivity contribution in [1.82, 2.24) is 14.7 Å². The van der Waals surface area contributed by atoms with Crippen molar-refractivity contribution in [3.05, 3.63) is 59.4 Å². The Bertz CT molecular complexity index is 1040. The van der Waals surface area contributed by atoms with Gasteiger partial charge in [0.25, 0.3) is 5.91 Å². The number of carbonyl (C=O) groups excluding carboxylic acids is 2. The molecular weight excluding hydrogens is 457 g/mol. The molecule has 0 spiro atoms. The average molecular weight is 488 g/mol. The minimum absolute atomic E-state index is 0.111. The number of halogens is 1. The number of hydrogen-bond donors (Lipinski definition) is 0. The molecule has 34 heavy (non-hydrogen) atoms. The van der Waals surface area contributed by atoms with Gasteiger partial charge in [-0.1, -0.05) is 6.07 Å². The maximum absolute atomic E-state index is 13.5. The Morgan fingerprint density at radius 3 is 2.50 bits per heavy atom. The fourth-order valence-electron chi connectivity index (χ4n) is 4.40. The normalized spacial score (nSPS) is 21.1. The molecule has 9 heteroatoms. The second-order valence-electron chi connectivity index (χ2n) is 8.41. The molecule has 0 radical (unpaired) electrons. The Labute approximate surface area is 203 Å². The highest BCUT2D eigenvalue weighted by Crippen LogP contribution is 2.46. The van der Waals surface area contributed by atoms with Crippen LogP contribution in [0.4, 0.5) is 4.39 Å². The molecule has 2 saturated heterocycles. The number of hydrogen-bond acceptors (Lipinski definition) is 6. The van der Waals surface area contributed by atoms with E-state index in [0.717, 1.165) is 17.1 Å². The van der Waals surface area contributed by atoms with E-state index in [4.69, 9.17) is 9.47 Å². The molecule has 2 aliphatic heterocycles. The van der Waals surface area contributed by atoms with E-state index in [1.54, 1.807) is 43.0 Å². The molecule has 2 amide bonds. The first kappa shape index (κ1) is 24.3. The minimum Gasteiger partial charge on any atom is -0.497 e. The summed E-state index contributed by atoms with van der Waals surface area (Å²) in [6.07, 6.45) is 0. The van der Waals surface area contributed by atoms with Crippen molar-refractivity contribution in [2.24, 2.45) is 0 Å². The first-order chi connectivity index (χ1) is 16.4. The fraction of sp³-hybridized carbons (Fsp3) is 0.440. The Morgan fingerprint density at radius 2 is 1.82 bits per heavy atom. The molecule has 2 aliphatic rings. The quantitative estimate of drug-likeness (QED) is 0.598. The maximum atomic E-state index is 13.5. The van der Waals surface area contributed by atoms with Crippen LogP contribution >= 0.6 is 11.8 Å². The van der Waals surface area contributed by atoms with Crippen LogP contribution in [0.1, 0.15) is 28.2 Å². The lowest BCUT2D eigenvalue weighted by molar-refractivity contribution is -0.130. The number of carbonyl (C=O) groups is 2. The number of piperazine rings is 1. The molecule has 0 aromatic heterocycles. The standard InChI is InChI=1S/C25H30FN3O4S/c1-17-23(30)29(25(34-17)21-16-20(32-2)7-8-22(21)33-3)14-11-27-9-12-28(13-10-27)24(31)18-5-4-6-19(26)15-18/h4-8,15-17,25H,9-14H2,1-3H3. The molecule has 2 fully saturated rings. The van der Waals surface area contributed by atoms with Crippen LogP contribution in [0.5, 0.6) is 11.5 Å². The van der Waals surface area contributed by atoms with Crippen molar-refractivity contribution in [2.45, 2.75) is 17.5 Å². The van der Waals surface area contributed by atoms with Crippen LogP contribution in [0, 0.1) is 5.82 Å². The molecule has 2 heterocycles. The number of benzene rings is 2. The van der Waals surface area contributed by atoms with E-state index in [0.29, 0.717) is 44.8 Å². The van der Waals surface area contributed by atoms with Crippen LogP contribution in [0.2, 0.25) is 0 Å². The van der Waals surface area contributed by atoms with Gasteiger partial charge in [0.05, 0.1) is 19.5 Å². The van der Waals surface area contributed by atoms with Crippen molar-refractivity contribution < 1.29 is 23.5 Å². The van der Waals surface area contributed by atoms with Crippen LogP contribution in [-0.4, -0.2) is 85.3 Å². The summed E-state index contributed by atoms with van der Waals surface area (Å²) in [6, 6.07) is 11.5. The van der Waals surface area contributed by atoms with Gasteiger partial charge in [-0.05, 0) is 43.3 Å². The largest absolute Gasteiger partial charge is 0.497 e. The fourth-order valence-corrected chi connectivity index (χ4v) is 5.73. The zero-order chi connectivity index (χ0) is 24.2. The van der Waals surface area contributed by atoms with E-state index in [-0.39, 0.29) is 22.4 Å². The lowest BCUT2D eigenvalue weighted by atomic mass is 10.1. The summed E-state index contributed by atoms with van der Waals surface area (Å²) in [5.41, 5.74) is 1.30. The Hall–Kier alpha value is -2.78. The molecule has 0 bridgehead atoms. The van der Waals surface area contributed by atoms with Crippen LogP contribution in [0.25, 0.3) is 0 Å². The van der Waals surface area contributed by atoms with E-state index >= 15 is 0 Å². The zero-order valence-corrected chi connectivity index (χ0v) is 20.5. The molecule has 2 aromatic carbocycles. The monoisotopic (exact) mass is 487 g/mol. The number of amides is 2. The molecular formula is C25H30FN3O4S. The summed E-state index contributed by atoms with van der Waals surface area (Å²) < 4.78 is 24.4. The summed E-state index contributed by atoms with van der Waals surface area (Å²) in [5, 5.41) is -0.287. The van der Waals surface area contributed by atoms with Crippen LogP contribution in [0.15, 0.2) is 42.5 Å². The van der Waals surface area contributed by atoms with Crippen LogP contribution < -0.4 is 9.47 Å².